The van der Waals surface area contributed by atoms with Crippen LogP contribution in [-0.2, 0) is 13.0 Å². The van der Waals surface area contributed by atoms with Gasteiger partial charge in [0, 0.05) is 30.3 Å². The number of hydrogen-bond donors (Lipinski definition) is 2. The van der Waals surface area contributed by atoms with Gasteiger partial charge >= 0.3 is 0 Å². The van der Waals surface area contributed by atoms with Crippen LogP contribution in [-0.4, -0.2) is 28.6 Å². The number of fused-ring (bicyclic) bond motifs is 1. The number of hydroxylamine groups is 1. The molecule has 0 saturated heterocycles. The van der Waals surface area contributed by atoms with Gasteiger partial charge in [-0.2, -0.15) is 0 Å². The summed E-state index contributed by atoms with van der Waals surface area (Å²) in [6.45, 7) is 1.55. The Hall–Kier alpha value is -1.46. The van der Waals surface area contributed by atoms with Crippen molar-refractivity contribution in [2.24, 2.45) is 0 Å². The summed E-state index contributed by atoms with van der Waals surface area (Å²) in [5, 5.41) is 8.58. The molecule has 0 spiro atoms. The van der Waals surface area contributed by atoms with Gasteiger partial charge in [-0.3, -0.25) is 14.9 Å². The predicted octanol–water partition coefficient (Wildman–Crippen LogP) is 1.47. The monoisotopic (exact) mass is 250 g/mol. The van der Waals surface area contributed by atoms with E-state index in [0.29, 0.717) is 18.2 Å². The summed E-state index contributed by atoms with van der Waals surface area (Å²) in [6.07, 6.45) is 3.18. The van der Waals surface area contributed by atoms with Crippen LogP contribution in [0.5, 0.6) is 0 Å². The molecule has 1 amide bonds. The Balaban J connectivity index is 1.91. The average molecular weight is 250 g/mol. The summed E-state index contributed by atoms with van der Waals surface area (Å²) in [6, 6.07) is 3.49. The largest absolute Gasteiger partial charge is 0.296 e. The first-order chi connectivity index (χ1) is 8.69. The molecule has 2 N–H and O–H groups in total. The Morgan fingerprint density at radius 3 is 2.89 bits per heavy atom. The van der Waals surface area contributed by atoms with Gasteiger partial charge < -0.3 is 0 Å². The minimum absolute atomic E-state index is 0.175. The van der Waals surface area contributed by atoms with Crippen molar-refractivity contribution in [1.82, 2.24) is 10.4 Å². The van der Waals surface area contributed by atoms with Crippen molar-refractivity contribution in [1.29, 1.82) is 0 Å². The molecular weight excluding hydrogens is 235 g/mol. The smallest absolute Gasteiger partial charge is 0.274 e. The molecule has 1 aliphatic carbocycles. The van der Waals surface area contributed by atoms with Gasteiger partial charge in [-0.25, -0.2) is 9.87 Å². The van der Waals surface area contributed by atoms with Gasteiger partial charge in [-0.15, -0.1) is 0 Å². The van der Waals surface area contributed by atoms with Gasteiger partial charge in [0.2, 0.25) is 0 Å². The molecule has 5 heteroatoms. The predicted molar refractivity (Wildman–Crippen MR) is 62.8 cm³/mol. The van der Waals surface area contributed by atoms with E-state index in [1.807, 2.05) is 0 Å². The van der Waals surface area contributed by atoms with E-state index in [1.54, 1.807) is 6.07 Å². The zero-order valence-electron chi connectivity index (χ0n) is 9.95. The minimum Gasteiger partial charge on any atom is -0.296 e. The molecule has 1 heterocycles. The van der Waals surface area contributed by atoms with Crippen LogP contribution < -0.4 is 5.48 Å². The molecule has 1 aromatic rings. The molecule has 18 heavy (non-hydrogen) atoms. The lowest BCUT2D eigenvalue weighted by Gasteiger charge is -2.29. The minimum atomic E-state index is -0.665. The lowest BCUT2D eigenvalue weighted by molar-refractivity contribution is 0.0705. The van der Waals surface area contributed by atoms with Crippen LogP contribution in [0.15, 0.2) is 12.1 Å². The molecule has 0 unspecified atom stereocenters. The number of carbonyl (C=O) groups excluding carboxylic acids is 1. The summed E-state index contributed by atoms with van der Waals surface area (Å²) < 4.78 is 14.0. The van der Waals surface area contributed by atoms with Crippen LogP contribution in [0.3, 0.4) is 0 Å². The summed E-state index contributed by atoms with van der Waals surface area (Å²) >= 11 is 0. The molecule has 1 saturated carbocycles. The molecule has 96 valence electrons. The van der Waals surface area contributed by atoms with Crippen LogP contribution in [0, 0.1) is 5.82 Å². The summed E-state index contributed by atoms with van der Waals surface area (Å²) in [7, 11) is 0. The Morgan fingerprint density at radius 2 is 2.22 bits per heavy atom. The third kappa shape index (κ3) is 2.00. The number of amides is 1. The van der Waals surface area contributed by atoms with Crippen LogP contribution in [0.25, 0.3) is 0 Å². The second-order valence-corrected chi connectivity index (χ2v) is 4.99. The third-order valence-electron chi connectivity index (χ3n) is 3.74. The van der Waals surface area contributed by atoms with Crippen molar-refractivity contribution in [3.63, 3.8) is 0 Å². The molecule has 2 aliphatic rings. The van der Waals surface area contributed by atoms with Crippen molar-refractivity contribution in [3.8, 4) is 0 Å². The number of benzene rings is 1. The number of halogens is 1. The zero-order chi connectivity index (χ0) is 12.7. The van der Waals surface area contributed by atoms with E-state index in [4.69, 9.17) is 5.21 Å². The Bertz CT molecular complexity index is 500. The van der Waals surface area contributed by atoms with Crippen molar-refractivity contribution < 1.29 is 14.4 Å². The zero-order valence-corrected chi connectivity index (χ0v) is 9.95. The summed E-state index contributed by atoms with van der Waals surface area (Å²) in [4.78, 5) is 13.6. The van der Waals surface area contributed by atoms with Crippen LogP contribution in [0.4, 0.5) is 4.39 Å². The Morgan fingerprint density at radius 1 is 1.44 bits per heavy atom. The van der Waals surface area contributed by atoms with Gasteiger partial charge in [0.1, 0.15) is 5.82 Å². The Kier molecular flexibility index (Phi) is 2.80. The van der Waals surface area contributed by atoms with E-state index in [-0.39, 0.29) is 11.4 Å². The molecule has 1 aromatic carbocycles. The van der Waals surface area contributed by atoms with E-state index >= 15 is 0 Å². The molecule has 3 rings (SSSR count). The quantitative estimate of drug-likeness (QED) is 0.617. The number of nitrogens with zero attached hydrogens (tertiary/aromatic N) is 1. The molecule has 0 atom stereocenters. The molecule has 0 aromatic heterocycles. The molecular formula is C13H15FN2O2. The second kappa shape index (κ2) is 4.33. The first-order valence-electron chi connectivity index (χ1n) is 6.19. The topological polar surface area (TPSA) is 52.6 Å². The number of hydrogen-bond acceptors (Lipinski definition) is 3. The highest BCUT2D eigenvalue weighted by atomic mass is 19.1. The number of carbonyl (C=O) groups is 1. The molecule has 1 aliphatic heterocycles. The van der Waals surface area contributed by atoms with Crippen LogP contribution in [0.1, 0.15) is 34.3 Å². The van der Waals surface area contributed by atoms with Gasteiger partial charge in [0.25, 0.3) is 5.91 Å². The standard InChI is InChI=1S/C13H15FN2O2/c14-12-6-9(13(17)15-18)5-8-3-4-16(7-11(8)12)10-1-2-10/h5-6,10,18H,1-4,7H2,(H,15,17). The first-order valence-corrected chi connectivity index (χ1v) is 6.19. The van der Waals surface area contributed by atoms with E-state index in [9.17, 15) is 9.18 Å². The summed E-state index contributed by atoms with van der Waals surface area (Å²) in [5.74, 6) is -1.02. The average Bonchev–Trinajstić information content (AvgIpc) is 3.21. The fourth-order valence-corrected chi connectivity index (χ4v) is 2.59. The fourth-order valence-electron chi connectivity index (χ4n) is 2.59. The SMILES string of the molecule is O=C(NO)c1cc(F)c2c(c1)CCN(C1CC1)C2. The maximum absolute atomic E-state index is 14.0. The fraction of sp³-hybridized carbons (Fsp3) is 0.462. The second-order valence-electron chi connectivity index (χ2n) is 4.99. The normalized spacial score (nSPS) is 19.4. The highest BCUT2D eigenvalue weighted by Crippen LogP contribution is 2.32. The number of rotatable bonds is 2. The lowest BCUT2D eigenvalue weighted by Crippen LogP contribution is -2.33. The Labute approximate surface area is 104 Å². The van der Waals surface area contributed by atoms with E-state index in [1.165, 1.54) is 24.4 Å². The maximum atomic E-state index is 14.0. The first kappa shape index (κ1) is 11.6. The lowest BCUT2D eigenvalue weighted by atomic mass is 9.96. The van der Waals surface area contributed by atoms with Gasteiger partial charge in [-0.05, 0) is 37.0 Å². The number of nitrogens with one attached hydrogen (secondary N) is 1. The van der Waals surface area contributed by atoms with Crippen LogP contribution >= 0.6 is 0 Å². The van der Waals surface area contributed by atoms with Crippen LogP contribution in [0.2, 0.25) is 0 Å². The van der Waals surface area contributed by atoms with E-state index < -0.39 is 5.91 Å². The molecule has 0 radical (unpaired) electrons. The molecule has 1 fully saturated rings. The van der Waals surface area contributed by atoms with Crippen molar-refractivity contribution in [2.75, 3.05) is 6.54 Å². The highest BCUT2D eigenvalue weighted by Gasteiger charge is 2.32. The van der Waals surface area contributed by atoms with E-state index in [2.05, 4.69) is 4.90 Å². The third-order valence-corrected chi connectivity index (χ3v) is 3.74. The maximum Gasteiger partial charge on any atom is 0.274 e. The molecule has 4 nitrogen and oxygen atoms in total. The van der Waals surface area contributed by atoms with Gasteiger partial charge in [0.15, 0.2) is 0 Å². The van der Waals surface area contributed by atoms with E-state index in [0.717, 1.165) is 18.5 Å². The van der Waals surface area contributed by atoms with Gasteiger partial charge in [0.05, 0.1) is 0 Å². The summed E-state index contributed by atoms with van der Waals surface area (Å²) in [5.41, 5.74) is 3.29. The van der Waals surface area contributed by atoms with Crippen molar-refractivity contribution in [2.45, 2.75) is 31.8 Å². The highest BCUT2D eigenvalue weighted by molar-refractivity contribution is 5.93. The van der Waals surface area contributed by atoms with Crippen molar-refractivity contribution >= 4 is 5.91 Å². The van der Waals surface area contributed by atoms with Crippen molar-refractivity contribution in [3.05, 3.63) is 34.6 Å². The van der Waals surface area contributed by atoms with Gasteiger partial charge in [-0.1, -0.05) is 0 Å². The molecule has 0 bridgehead atoms.